The molecule has 5 heteroatoms. The predicted octanol–water partition coefficient (Wildman–Crippen LogP) is 4.44. The first kappa shape index (κ1) is 14.6. The van der Waals surface area contributed by atoms with E-state index in [-0.39, 0.29) is 0 Å². The maximum atomic E-state index is 10.4. The van der Waals surface area contributed by atoms with Crippen LogP contribution in [0.1, 0.15) is 30.2 Å². The monoisotopic (exact) mass is 320 g/mol. The Kier molecular flexibility index (Phi) is 4.29. The number of thiophene rings is 1. The van der Waals surface area contributed by atoms with Crippen molar-refractivity contribution in [3.63, 3.8) is 0 Å². The van der Waals surface area contributed by atoms with Crippen molar-refractivity contribution in [1.82, 2.24) is 9.55 Å². The lowest BCUT2D eigenvalue weighted by atomic mass is 10.2. The van der Waals surface area contributed by atoms with Gasteiger partial charge >= 0.3 is 0 Å². The van der Waals surface area contributed by atoms with E-state index < -0.39 is 6.10 Å². The van der Waals surface area contributed by atoms with Crippen LogP contribution in [0, 0.1) is 0 Å². The molecule has 1 aromatic carbocycles. The summed E-state index contributed by atoms with van der Waals surface area (Å²) < 4.78 is 2.90. The van der Waals surface area contributed by atoms with Crippen LogP contribution in [0.3, 0.4) is 0 Å². The fourth-order valence-corrected chi connectivity index (χ4v) is 3.58. The van der Waals surface area contributed by atoms with Gasteiger partial charge in [-0.2, -0.15) is 0 Å². The molecule has 1 unspecified atom stereocenters. The van der Waals surface area contributed by atoms with Crippen molar-refractivity contribution in [1.29, 1.82) is 0 Å². The van der Waals surface area contributed by atoms with Gasteiger partial charge in [0.2, 0.25) is 0 Å². The highest BCUT2D eigenvalue weighted by Crippen LogP contribution is 2.29. The van der Waals surface area contributed by atoms with Gasteiger partial charge in [-0.25, -0.2) is 4.98 Å². The van der Waals surface area contributed by atoms with E-state index in [4.69, 9.17) is 11.6 Å². The average Bonchev–Trinajstić information content (AvgIpc) is 3.04. The van der Waals surface area contributed by atoms with E-state index in [0.29, 0.717) is 10.8 Å². The lowest BCUT2D eigenvalue weighted by molar-refractivity contribution is 0.178. The highest BCUT2D eigenvalue weighted by Gasteiger charge is 2.16. The number of aliphatic hydroxyl groups is 1. The molecule has 0 bridgehead atoms. The molecule has 0 saturated carbocycles. The van der Waals surface area contributed by atoms with Gasteiger partial charge < -0.3 is 9.67 Å². The second-order valence-corrected chi connectivity index (χ2v) is 6.78. The summed E-state index contributed by atoms with van der Waals surface area (Å²) in [4.78, 5) is 5.56. The molecule has 0 spiro atoms. The number of hydrogen-bond donors (Lipinski definition) is 1. The van der Waals surface area contributed by atoms with Crippen molar-refractivity contribution in [2.24, 2.45) is 0 Å². The van der Waals surface area contributed by atoms with Crippen molar-refractivity contribution >= 4 is 34.0 Å². The van der Waals surface area contributed by atoms with Gasteiger partial charge in [0.25, 0.3) is 0 Å². The molecular formula is C16H17ClN2OS. The number of halogens is 1. The second-order valence-electron chi connectivity index (χ2n) is 5.03. The summed E-state index contributed by atoms with van der Waals surface area (Å²) in [6, 6.07) is 11.8. The number of aryl methyl sites for hydroxylation is 1. The van der Waals surface area contributed by atoms with Gasteiger partial charge in [-0.05, 0) is 30.7 Å². The third kappa shape index (κ3) is 2.98. The highest BCUT2D eigenvalue weighted by atomic mass is 35.5. The molecule has 0 fully saturated rings. The Hall–Kier alpha value is -1.36. The first-order valence-corrected chi connectivity index (χ1v) is 8.26. The third-order valence-electron chi connectivity index (χ3n) is 3.48. The van der Waals surface area contributed by atoms with E-state index in [0.717, 1.165) is 34.7 Å². The van der Waals surface area contributed by atoms with Gasteiger partial charge in [-0.15, -0.1) is 11.3 Å². The summed E-state index contributed by atoms with van der Waals surface area (Å²) in [5, 5.41) is 10.4. The lowest BCUT2D eigenvalue weighted by Gasteiger charge is -2.11. The molecule has 0 aliphatic heterocycles. The van der Waals surface area contributed by atoms with Gasteiger partial charge in [0.15, 0.2) is 0 Å². The largest absolute Gasteiger partial charge is 0.387 e. The Morgan fingerprint density at radius 1 is 1.29 bits per heavy atom. The number of aliphatic hydroxyl groups excluding tert-OH is 1. The second kappa shape index (κ2) is 6.18. The van der Waals surface area contributed by atoms with Crippen LogP contribution in [0.15, 0.2) is 36.4 Å². The summed E-state index contributed by atoms with van der Waals surface area (Å²) in [5.74, 6) is 0.926. The van der Waals surface area contributed by atoms with Crippen molar-refractivity contribution in [2.45, 2.75) is 32.4 Å². The minimum atomic E-state index is -0.560. The number of benzene rings is 1. The van der Waals surface area contributed by atoms with Crippen LogP contribution in [0.4, 0.5) is 0 Å². The first-order chi connectivity index (χ1) is 10.2. The average molecular weight is 321 g/mol. The Bertz CT molecular complexity index is 750. The Labute approximate surface area is 132 Å². The summed E-state index contributed by atoms with van der Waals surface area (Å²) >= 11 is 7.36. The first-order valence-electron chi connectivity index (χ1n) is 7.06. The zero-order valence-electron chi connectivity index (χ0n) is 11.8. The molecule has 0 saturated heterocycles. The molecule has 2 aromatic heterocycles. The van der Waals surface area contributed by atoms with Crippen LogP contribution in [-0.4, -0.2) is 14.7 Å². The number of aromatic nitrogens is 2. The van der Waals surface area contributed by atoms with Gasteiger partial charge in [0.05, 0.1) is 21.5 Å². The van der Waals surface area contributed by atoms with Crippen LogP contribution in [0.25, 0.3) is 11.0 Å². The normalized spacial score (nSPS) is 12.9. The van der Waals surface area contributed by atoms with E-state index in [2.05, 4.69) is 22.5 Å². The smallest absolute Gasteiger partial charge is 0.112 e. The number of imidazole rings is 1. The van der Waals surface area contributed by atoms with E-state index in [1.165, 1.54) is 11.3 Å². The van der Waals surface area contributed by atoms with Crippen molar-refractivity contribution in [3.8, 4) is 0 Å². The molecular weight excluding hydrogens is 304 g/mol. The van der Waals surface area contributed by atoms with Gasteiger partial charge in [0, 0.05) is 17.8 Å². The quantitative estimate of drug-likeness (QED) is 0.755. The Balaban J connectivity index is 1.94. The van der Waals surface area contributed by atoms with Crippen molar-refractivity contribution in [3.05, 3.63) is 51.4 Å². The molecule has 0 amide bonds. The zero-order valence-corrected chi connectivity index (χ0v) is 13.4. The molecule has 1 atom stereocenters. The van der Waals surface area contributed by atoms with E-state index in [1.807, 2.05) is 30.3 Å². The van der Waals surface area contributed by atoms with E-state index in [9.17, 15) is 5.11 Å². The molecule has 21 heavy (non-hydrogen) atoms. The van der Waals surface area contributed by atoms with Crippen molar-refractivity contribution < 1.29 is 5.11 Å². The van der Waals surface area contributed by atoms with E-state index in [1.54, 1.807) is 0 Å². The Morgan fingerprint density at radius 3 is 2.81 bits per heavy atom. The molecule has 0 radical (unpaired) electrons. The standard InChI is InChI=1S/C16H17ClN2OS/c1-2-9-19-12-6-4-3-5-11(12)18-16(19)10-13(20)14-7-8-15(17)21-14/h3-8,13,20H,2,9-10H2,1H3. The molecule has 3 nitrogen and oxygen atoms in total. The maximum Gasteiger partial charge on any atom is 0.112 e. The summed E-state index contributed by atoms with van der Waals surface area (Å²) in [6.07, 6.45) is 0.981. The molecule has 0 aliphatic carbocycles. The topological polar surface area (TPSA) is 38.0 Å². The highest BCUT2D eigenvalue weighted by molar-refractivity contribution is 7.16. The number of rotatable bonds is 5. The zero-order chi connectivity index (χ0) is 14.8. The van der Waals surface area contributed by atoms with Crippen LogP contribution in [0.5, 0.6) is 0 Å². The van der Waals surface area contributed by atoms with Crippen molar-refractivity contribution in [2.75, 3.05) is 0 Å². The number of para-hydroxylation sites is 2. The fourth-order valence-electron chi connectivity index (χ4n) is 2.54. The van der Waals surface area contributed by atoms with E-state index >= 15 is 0 Å². The van der Waals surface area contributed by atoms with Gasteiger partial charge in [-0.1, -0.05) is 30.7 Å². The fraction of sp³-hybridized carbons (Fsp3) is 0.312. The van der Waals surface area contributed by atoms with Crippen LogP contribution in [0.2, 0.25) is 4.34 Å². The van der Waals surface area contributed by atoms with Crippen LogP contribution < -0.4 is 0 Å². The minimum absolute atomic E-state index is 0.505. The summed E-state index contributed by atoms with van der Waals surface area (Å²) in [5.41, 5.74) is 2.11. The maximum absolute atomic E-state index is 10.4. The van der Waals surface area contributed by atoms with Crippen LogP contribution in [-0.2, 0) is 13.0 Å². The SMILES string of the molecule is CCCn1c(CC(O)c2ccc(Cl)s2)nc2ccccc21. The van der Waals surface area contributed by atoms with Gasteiger partial charge in [0.1, 0.15) is 5.82 Å². The molecule has 3 aromatic rings. The molecule has 1 N–H and O–H groups in total. The number of nitrogens with zero attached hydrogens (tertiary/aromatic N) is 2. The molecule has 110 valence electrons. The number of hydrogen-bond acceptors (Lipinski definition) is 3. The summed E-state index contributed by atoms with van der Waals surface area (Å²) in [7, 11) is 0. The van der Waals surface area contributed by atoms with Crippen LogP contribution >= 0.6 is 22.9 Å². The molecule has 3 rings (SSSR count). The van der Waals surface area contributed by atoms with Gasteiger partial charge in [-0.3, -0.25) is 0 Å². The lowest BCUT2D eigenvalue weighted by Crippen LogP contribution is -2.08. The number of fused-ring (bicyclic) bond motifs is 1. The summed E-state index contributed by atoms with van der Waals surface area (Å²) in [6.45, 7) is 3.06. The minimum Gasteiger partial charge on any atom is -0.387 e. The third-order valence-corrected chi connectivity index (χ3v) is 4.81. The Morgan fingerprint density at radius 2 is 2.10 bits per heavy atom. The molecule has 2 heterocycles. The predicted molar refractivity (Wildman–Crippen MR) is 88.0 cm³/mol. The molecule has 0 aliphatic rings.